The lowest BCUT2D eigenvalue weighted by Gasteiger charge is -2.35. The number of amides is 1. The highest BCUT2D eigenvalue weighted by Crippen LogP contribution is 2.18. The van der Waals surface area contributed by atoms with Crippen molar-refractivity contribution in [1.82, 2.24) is 25.5 Å². The quantitative estimate of drug-likeness (QED) is 0.288. The SMILES string of the molecule is CCNC(=NCc1nc(C(C)C)cs1)NCCC(=O)N1CCN(c2ccccn2)CC1.I. The highest BCUT2D eigenvalue weighted by molar-refractivity contribution is 14.0. The standard InChI is InChI=1S/C22H33N7OS.HI/c1-4-23-22(26-15-20-27-18(16-31-20)17(2)3)25-10-8-21(30)29-13-11-28(12-14-29)19-7-5-6-9-24-19;/h5-7,9,16-17H,4,8,10-15H2,1-3H3,(H2,23,25,26);1H. The van der Waals surface area contributed by atoms with E-state index in [0.717, 1.165) is 55.2 Å². The van der Waals surface area contributed by atoms with Crippen LogP contribution in [0.4, 0.5) is 5.82 Å². The largest absolute Gasteiger partial charge is 0.357 e. The summed E-state index contributed by atoms with van der Waals surface area (Å²) in [4.78, 5) is 30.4. The Kier molecular flexibility index (Phi) is 11.1. The first kappa shape index (κ1) is 26.3. The molecular weight excluding hydrogens is 537 g/mol. The van der Waals surface area contributed by atoms with Crippen LogP contribution in [0.5, 0.6) is 0 Å². The molecule has 0 unspecified atom stereocenters. The molecule has 1 aliphatic rings. The van der Waals surface area contributed by atoms with E-state index >= 15 is 0 Å². The second kappa shape index (κ2) is 13.6. The van der Waals surface area contributed by atoms with Crippen LogP contribution in [0.1, 0.15) is 43.8 Å². The summed E-state index contributed by atoms with van der Waals surface area (Å²) in [6.07, 6.45) is 2.25. The smallest absolute Gasteiger partial charge is 0.224 e. The minimum Gasteiger partial charge on any atom is -0.357 e. The minimum atomic E-state index is 0. The lowest BCUT2D eigenvalue weighted by Crippen LogP contribution is -2.49. The van der Waals surface area contributed by atoms with E-state index in [1.807, 2.05) is 30.0 Å². The number of piperazine rings is 1. The minimum absolute atomic E-state index is 0. The molecule has 1 amide bonds. The van der Waals surface area contributed by atoms with Crippen molar-refractivity contribution in [2.75, 3.05) is 44.2 Å². The number of hydrogen-bond acceptors (Lipinski definition) is 6. The maximum absolute atomic E-state index is 12.6. The summed E-state index contributed by atoms with van der Waals surface area (Å²) < 4.78 is 0. The Balaban J connectivity index is 0.00000363. The van der Waals surface area contributed by atoms with E-state index in [1.165, 1.54) is 0 Å². The van der Waals surface area contributed by atoms with Crippen LogP contribution in [0, 0.1) is 0 Å². The van der Waals surface area contributed by atoms with Crippen molar-refractivity contribution in [3.05, 3.63) is 40.5 Å². The fourth-order valence-electron chi connectivity index (χ4n) is 3.32. The summed E-state index contributed by atoms with van der Waals surface area (Å²) in [6.45, 7) is 11.3. The molecule has 0 saturated carbocycles. The molecule has 0 aromatic carbocycles. The third-order valence-electron chi connectivity index (χ3n) is 5.11. The number of guanidine groups is 1. The predicted molar refractivity (Wildman–Crippen MR) is 142 cm³/mol. The Hall–Kier alpha value is -1.95. The molecule has 10 heteroatoms. The van der Waals surface area contributed by atoms with Crippen LogP contribution < -0.4 is 15.5 Å². The monoisotopic (exact) mass is 571 g/mol. The number of anilines is 1. The van der Waals surface area contributed by atoms with E-state index < -0.39 is 0 Å². The van der Waals surface area contributed by atoms with Crippen molar-refractivity contribution in [1.29, 1.82) is 0 Å². The molecule has 8 nitrogen and oxygen atoms in total. The summed E-state index contributed by atoms with van der Waals surface area (Å²) in [6, 6.07) is 5.92. The highest BCUT2D eigenvalue weighted by Gasteiger charge is 2.21. The molecule has 0 radical (unpaired) electrons. The lowest BCUT2D eigenvalue weighted by atomic mass is 10.2. The number of nitrogens with zero attached hydrogens (tertiary/aromatic N) is 5. The number of carbonyl (C=O) groups excluding carboxylic acids is 1. The van der Waals surface area contributed by atoms with E-state index in [4.69, 9.17) is 0 Å². The zero-order valence-electron chi connectivity index (χ0n) is 19.1. The average molecular weight is 572 g/mol. The molecule has 0 bridgehead atoms. The zero-order chi connectivity index (χ0) is 22.1. The van der Waals surface area contributed by atoms with Crippen molar-refractivity contribution in [3.63, 3.8) is 0 Å². The van der Waals surface area contributed by atoms with Gasteiger partial charge >= 0.3 is 0 Å². The lowest BCUT2D eigenvalue weighted by molar-refractivity contribution is -0.131. The fraction of sp³-hybridized carbons (Fsp3) is 0.545. The van der Waals surface area contributed by atoms with Crippen LogP contribution in [0.2, 0.25) is 0 Å². The Labute approximate surface area is 211 Å². The van der Waals surface area contributed by atoms with Gasteiger partial charge in [-0.25, -0.2) is 15.0 Å². The molecule has 3 heterocycles. The van der Waals surface area contributed by atoms with Gasteiger partial charge in [-0.1, -0.05) is 19.9 Å². The Bertz CT molecular complexity index is 851. The van der Waals surface area contributed by atoms with Gasteiger partial charge < -0.3 is 20.4 Å². The molecule has 0 atom stereocenters. The molecule has 3 rings (SSSR count). The molecule has 1 aliphatic heterocycles. The first-order valence-electron chi connectivity index (χ1n) is 11.0. The molecule has 2 aromatic heterocycles. The van der Waals surface area contributed by atoms with Gasteiger partial charge in [0.05, 0.1) is 12.2 Å². The molecule has 176 valence electrons. The number of carbonyl (C=O) groups is 1. The predicted octanol–water partition coefficient (Wildman–Crippen LogP) is 3.07. The van der Waals surface area contributed by atoms with Gasteiger partial charge in [-0.15, -0.1) is 35.3 Å². The second-order valence-corrected chi connectivity index (χ2v) is 8.69. The third kappa shape index (κ3) is 7.88. The second-order valence-electron chi connectivity index (χ2n) is 7.75. The number of hydrogen-bond donors (Lipinski definition) is 2. The normalized spacial score (nSPS) is 14.3. The van der Waals surface area contributed by atoms with Crippen LogP contribution in [0.15, 0.2) is 34.8 Å². The third-order valence-corrected chi connectivity index (χ3v) is 5.97. The van der Waals surface area contributed by atoms with Gasteiger partial charge in [0.15, 0.2) is 5.96 Å². The molecule has 0 aliphatic carbocycles. The van der Waals surface area contributed by atoms with Gasteiger partial charge in [0.2, 0.25) is 5.91 Å². The number of aliphatic imine (C=N–C) groups is 1. The number of thiazole rings is 1. The number of halogens is 1. The van der Waals surface area contributed by atoms with Crippen LogP contribution in [0.25, 0.3) is 0 Å². The van der Waals surface area contributed by atoms with Crippen molar-refractivity contribution in [2.45, 2.75) is 39.7 Å². The Morgan fingerprint density at radius 3 is 2.62 bits per heavy atom. The molecular formula is C22H34IN7OS. The fourth-order valence-corrected chi connectivity index (χ4v) is 4.20. The summed E-state index contributed by atoms with van der Waals surface area (Å²) in [5.41, 5.74) is 1.11. The van der Waals surface area contributed by atoms with E-state index in [0.29, 0.717) is 25.4 Å². The van der Waals surface area contributed by atoms with Gasteiger partial charge in [0, 0.05) is 57.3 Å². The van der Waals surface area contributed by atoms with Gasteiger partial charge in [-0.2, -0.15) is 0 Å². The Morgan fingerprint density at radius 1 is 1.22 bits per heavy atom. The molecule has 32 heavy (non-hydrogen) atoms. The van der Waals surface area contributed by atoms with E-state index in [9.17, 15) is 4.79 Å². The van der Waals surface area contributed by atoms with Gasteiger partial charge in [0.1, 0.15) is 10.8 Å². The van der Waals surface area contributed by atoms with Gasteiger partial charge in [0.25, 0.3) is 0 Å². The van der Waals surface area contributed by atoms with Crippen molar-refractivity contribution >= 4 is 53.0 Å². The maximum atomic E-state index is 12.6. The summed E-state index contributed by atoms with van der Waals surface area (Å²) in [7, 11) is 0. The van der Waals surface area contributed by atoms with E-state index in [2.05, 4.69) is 49.7 Å². The topological polar surface area (TPSA) is 85.7 Å². The first-order valence-corrected chi connectivity index (χ1v) is 11.8. The van der Waals surface area contributed by atoms with Crippen molar-refractivity contribution in [3.8, 4) is 0 Å². The number of nitrogens with one attached hydrogen (secondary N) is 2. The van der Waals surface area contributed by atoms with Crippen LogP contribution in [-0.2, 0) is 11.3 Å². The van der Waals surface area contributed by atoms with Crippen molar-refractivity contribution in [2.24, 2.45) is 4.99 Å². The molecule has 1 fully saturated rings. The van der Waals surface area contributed by atoms with E-state index in [1.54, 1.807) is 17.5 Å². The molecule has 2 N–H and O–H groups in total. The summed E-state index contributed by atoms with van der Waals surface area (Å²) >= 11 is 1.64. The average Bonchev–Trinajstić information content (AvgIpc) is 3.27. The van der Waals surface area contributed by atoms with Gasteiger partial charge in [-0.3, -0.25) is 4.79 Å². The van der Waals surface area contributed by atoms with Gasteiger partial charge in [-0.05, 0) is 25.0 Å². The van der Waals surface area contributed by atoms with E-state index in [-0.39, 0.29) is 29.9 Å². The number of aromatic nitrogens is 2. The van der Waals surface area contributed by atoms with Crippen molar-refractivity contribution < 1.29 is 4.79 Å². The van der Waals surface area contributed by atoms with Crippen LogP contribution >= 0.6 is 35.3 Å². The zero-order valence-corrected chi connectivity index (χ0v) is 22.2. The number of pyridine rings is 1. The first-order chi connectivity index (χ1) is 15.1. The highest BCUT2D eigenvalue weighted by atomic mass is 127. The molecule has 2 aromatic rings. The molecule has 0 spiro atoms. The maximum Gasteiger partial charge on any atom is 0.224 e. The van der Waals surface area contributed by atoms with Crippen LogP contribution in [0.3, 0.4) is 0 Å². The summed E-state index contributed by atoms with van der Waals surface area (Å²) in [5.74, 6) is 2.29. The van der Waals surface area contributed by atoms with Crippen LogP contribution in [-0.4, -0.2) is 66.0 Å². The summed E-state index contributed by atoms with van der Waals surface area (Å²) in [5, 5.41) is 9.61. The Morgan fingerprint density at radius 2 is 2.00 bits per heavy atom. The number of rotatable bonds is 8. The molecule has 1 saturated heterocycles.